The van der Waals surface area contributed by atoms with Crippen LogP contribution in [0.15, 0.2) is 29.0 Å². The molecule has 0 spiro atoms. The first kappa shape index (κ1) is 20.7. The molecule has 2 heterocycles. The Morgan fingerprint density at radius 1 is 1.10 bits per heavy atom. The summed E-state index contributed by atoms with van der Waals surface area (Å²) in [5.74, 6) is 0.333. The highest BCUT2D eigenvalue weighted by molar-refractivity contribution is 7.14. The molecule has 2 aromatic heterocycles. The molecule has 1 amide bonds. The summed E-state index contributed by atoms with van der Waals surface area (Å²) in [4.78, 5) is 32.5. The van der Waals surface area contributed by atoms with Gasteiger partial charge in [0.2, 0.25) is 0 Å². The van der Waals surface area contributed by atoms with E-state index < -0.39 is 11.9 Å². The van der Waals surface area contributed by atoms with Gasteiger partial charge in [0.15, 0.2) is 11.7 Å². The average molecular weight is 434 g/mol. The number of nitrogens with one attached hydrogen (secondary N) is 1. The smallest absolute Gasteiger partial charge is 0.312 e. The minimum atomic E-state index is -0.508. The van der Waals surface area contributed by atoms with E-state index in [9.17, 15) is 9.59 Å². The van der Waals surface area contributed by atoms with E-state index in [2.05, 4.69) is 15.3 Å². The van der Waals surface area contributed by atoms with Gasteiger partial charge in [-0.2, -0.15) is 0 Å². The standard InChI is InChI=1S/C19H19N3O5S2/c1-11-20-12(9-28-11)6-18(24)27-8-17(23)22-19-21-15(10-29-19)14-7-13(25-2)4-5-16(14)26-3/h4-5,7,9-10H,6,8H2,1-3H3,(H,21,22,23). The topological polar surface area (TPSA) is 99.6 Å². The number of ether oxygens (including phenoxy) is 3. The number of anilines is 1. The minimum absolute atomic E-state index is 0.0364. The number of hydrogen-bond acceptors (Lipinski definition) is 9. The maximum Gasteiger partial charge on any atom is 0.312 e. The summed E-state index contributed by atoms with van der Waals surface area (Å²) < 4.78 is 15.6. The SMILES string of the molecule is COc1ccc(OC)c(-c2csc(NC(=O)COC(=O)Cc3csc(C)n3)n2)c1. The Morgan fingerprint density at radius 2 is 1.93 bits per heavy atom. The van der Waals surface area contributed by atoms with E-state index in [4.69, 9.17) is 14.2 Å². The summed E-state index contributed by atoms with van der Waals surface area (Å²) in [7, 11) is 3.15. The van der Waals surface area contributed by atoms with Crippen molar-refractivity contribution in [1.82, 2.24) is 9.97 Å². The van der Waals surface area contributed by atoms with Crippen molar-refractivity contribution in [1.29, 1.82) is 0 Å². The van der Waals surface area contributed by atoms with Crippen molar-refractivity contribution in [2.75, 3.05) is 26.1 Å². The third-order valence-electron chi connectivity index (χ3n) is 3.79. The molecule has 0 radical (unpaired) electrons. The van der Waals surface area contributed by atoms with Crippen LogP contribution in [0.25, 0.3) is 11.3 Å². The monoisotopic (exact) mass is 433 g/mol. The fourth-order valence-corrected chi connectivity index (χ4v) is 3.80. The molecule has 3 rings (SSSR count). The Labute approximate surface area is 175 Å². The maximum atomic E-state index is 12.1. The van der Waals surface area contributed by atoms with Crippen LogP contribution in [-0.4, -0.2) is 42.7 Å². The molecule has 0 aliphatic heterocycles. The molecule has 0 fully saturated rings. The third-order valence-corrected chi connectivity index (χ3v) is 5.37. The van der Waals surface area contributed by atoms with E-state index >= 15 is 0 Å². The number of nitrogens with zero attached hydrogens (tertiary/aromatic N) is 2. The highest BCUT2D eigenvalue weighted by Gasteiger charge is 2.14. The van der Waals surface area contributed by atoms with Gasteiger partial charge in [0, 0.05) is 16.3 Å². The lowest BCUT2D eigenvalue weighted by Gasteiger charge is -2.08. The Kier molecular flexibility index (Phi) is 6.78. The first-order valence-electron chi connectivity index (χ1n) is 8.53. The van der Waals surface area contributed by atoms with E-state index in [1.54, 1.807) is 43.2 Å². The fourth-order valence-electron chi connectivity index (χ4n) is 2.46. The van der Waals surface area contributed by atoms with Crippen molar-refractivity contribution in [2.45, 2.75) is 13.3 Å². The van der Waals surface area contributed by atoms with Crippen LogP contribution in [0, 0.1) is 6.92 Å². The van der Waals surface area contributed by atoms with E-state index in [1.807, 2.05) is 6.92 Å². The molecule has 0 unspecified atom stereocenters. The molecule has 0 saturated heterocycles. The molecule has 8 nitrogen and oxygen atoms in total. The largest absolute Gasteiger partial charge is 0.497 e. The molecule has 3 aromatic rings. The molecule has 152 valence electrons. The molecule has 0 saturated carbocycles. The number of amides is 1. The normalized spacial score (nSPS) is 10.4. The van der Waals surface area contributed by atoms with E-state index in [0.717, 1.165) is 10.6 Å². The predicted octanol–water partition coefficient (Wildman–Crippen LogP) is 3.32. The number of esters is 1. The van der Waals surface area contributed by atoms with Gasteiger partial charge in [-0.05, 0) is 25.1 Å². The number of rotatable bonds is 8. The van der Waals surface area contributed by atoms with Gasteiger partial charge >= 0.3 is 5.97 Å². The van der Waals surface area contributed by atoms with Gasteiger partial charge in [-0.25, -0.2) is 9.97 Å². The van der Waals surface area contributed by atoms with Crippen LogP contribution in [-0.2, 0) is 20.7 Å². The molecular formula is C19H19N3O5S2. The van der Waals surface area contributed by atoms with Gasteiger partial charge in [0.05, 0.1) is 37.0 Å². The first-order valence-corrected chi connectivity index (χ1v) is 10.3. The number of aryl methyl sites for hydroxylation is 1. The third kappa shape index (κ3) is 5.52. The average Bonchev–Trinajstić information content (AvgIpc) is 3.34. The molecule has 29 heavy (non-hydrogen) atoms. The highest BCUT2D eigenvalue weighted by atomic mass is 32.1. The molecule has 1 aromatic carbocycles. The lowest BCUT2D eigenvalue weighted by Crippen LogP contribution is -2.21. The van der Waals surface area contributed by atoms with Crippen LogP contribution in [0.4, 0.5) is 5.13 Å². The van der Waals surface area contributed by atoms with Gasteiger partial charge < -0.3 is 14.2 Å². The van der Waals surface area contributed by atoms with Crippen molar-refractivity contribution in [2.24, 2.45) is 0 Å². The quantitative estimate of drug-likeness (QED) is 0.544. The second-order valence-electron chi connectivity index (χ2n) is 5.85. The zero-order valence-electron chi connectivity index (χ0n) is 16.1. The second kappa shape index (κ2) is 9.48. The number of carbonyl (C=O) groups excluding carboxylic acids is 2. The zero-order valence-corrected chi connectivity index (χ0v) is 17.7. The number of benzene rings is 1. The van der Waals surface area contributed by atoms with Crippen molar-refractivity contribution in [3.05, 3.63) is 39.7 Å². The Morgan fingerprint density at radius 3 is 2.62 bits per heavy atom. The number of thiazole rings is 2. The van der Waals surface area contributed by atoms with Crippen LogP contribution < -0.4 is 14.8 Å². The van der Waals surface area contributed by atoms with E-state index in [1.165, 1.54) is 22.7 Å². The van der Waals surface area contributed by atoms with Gasteiger partial charge in [-0.3, -0.25) is 14.9 Å². The number of aromatic nitrogens is 2. The summed E-state index contributed by atoms with van der Waals surface area (Å²) in [6, 6.07) is 5.38. The first-order chi connectivity index (χ1) is 14.0. The number of hydrogen-bond donors (Lipinski definition) is 1. The van der Waals surface area contributed by atoms with Crippen LogP contribution >= 0.6 is 22.7 Å². The van der Waals surface area contributed by atoms with Gasteiger partial charge in [-0.1, -0.05) is 0 Å². The summed E-state index contributed by atoms with van der Waals surface area (Å²) in [6.07, 6.45) is 0.0364. The Hall–Kier alpha value is -2.98. The molecular weight excluding hydrogens is 414 g/mol. The fraction of sp³-hybridized carbons (Fsp3) is 0.263. The summed E-state index contributed by atoms with van der Waals surface area (Å²) in [5, 5.41) is 7.48. The Bertz CT molecular complexity index is 1010. The van der Waals surface area contributed by atoms with Gasteiger partial charge in [0.25, 0.3) is 5.91 Å². The van der Waals surface area contributed by atoms with E-state index in [-0.39, 0.29) is 13.0 Å². The van der Waals surface area contributed by atoms with Crippen molar-refractivity contribution in [3.8, 4) is 22.8 Å². The second-order valence-corrected chi connectivity index (χ2v) is 7.77. The van der Waals surface area contributed by atoms with Crippen LogP contribution in [0.2, 0.25) is 0 Å². The van der Waals surface area contributed by atoms with Crippen molar-refractivity contribution in [3.63, 3.8) is 0 Å². The van der Waals surface area contributed by atoms with Crippen LogP contribution in [0.5, 0.6) is 11.5 Å². The van der Waals surface area contributed by atoms with Gasteiger partial charge in [0.1, 0.15) is 11.5 Å². The maximum absolute atomic E-state index is 12.1. The summed E-state index contributed by atoms with van der Waals surface area (Å²) in [6.45, 7) is 1.47. The summed E-state index contributed by atoms with van der Waals surface area (Å²) >= 11 is 2.71. The molecule has 0 aliphatic carbocycles. The predicted molar refractivity (Wildman–Crippen MR) is 111 cm³/mol. The lowest BCUT2D eigenvalue weighted by molar-refractivity contribution is -0.146. The van der Waals surface area contributed by atoms with E-state index in [0.29, 0.717) is 28.0 Å². The van der Waals surface area contributed by atoms with Crippen LogP contribution in [0.1, 0.15) is 10.7 Å². The molecule has 0 bridgehead atoms. The lowest BCUT2D eigenvalue weighted by atomic mass is 10.1. The molecule has 10 heteroatoms. The van der Waals surface area contributed by atoms with Crippen LogP contribution in [0.3, 0.4) is 0 Å². The summed E-state index contributed by atoms with van der Waals surface area (Å²) in [5.41, 5.74) is 2.01. The van der Waals surface area contributed by atoms with Crippen molar-refractivity contribution < 1.29 is 23.8 Å². The number of carbonyl (C=O) groups is 2. The van der Waals surface area contributed by atoms with Gasteiger partial charge in [-0.15, -0.1) is 22.7 Å². The molecule has 1 N–H and O–H groups in total. The molecule has 0 atom stereocenters. The molecule has 0 aliphatic rings. The zero-order chi connectivity index (χ0) is 20.8. The van der Waals surface area contributed by atoms with Crippen molar-refractivity contribution >= 4 is 39.7 Å². The minimum Gasteiger partial charge on any atom is -0.497 e. The highest BCUT2D eigenvalue weighted by Crippen LogP contribution is 2.34. The Balaban J connectivity index is 1.57. The number of methoxy groups -OCH3 is 2.